The number of hydrogen-bond acceptors (Lipinski definition) is 4. The average Bonchev–Trinajstić information content (AvgIpc) is 2.96. The number of carboxylic acids is 1. The summed E-state index contributed by atoms with van der Waals surface area (Å²) in [5.41, 5.74) is 2.48. The molecule has 0 fully saturated rings. The molecule has 0 spiro atoms. The highest BCUT2D eigenvalue weighted by Crippen LogP contribution is 2.23. The van der Waals surface area contributed by atoms with E-state index in [1.807, 2.05) is 56.3 Å². The van der Waals surface area contributed by atoms with Gasteiger partial charge in [-0.25, -0.2) is 0 Å². The highest BCUT2D eigenvalue weighted by Gasteiger charge is 2.19. The maximum atomic E-state index is 12.4. The van der Waals surface area contributed by atoms with Gasteiger partial charge >= 0.3 is 5.97 Å². The number of carboxylic acid groups (broad SMARTS) is 1. The zero-order chi connectivity index (χ0) is 19.4. The number of rotatable bonds is 7. The Labute approximate surface area is 157 Å². The van der Waals surface area contributed by atoms with E-state index < -0.39 is 12.0 Å². The molecule has 6 heteroatoms. The van der Waals surface area contributed by atoms with E-state index in [4.69, 9.17) is 4.52 Å². The molecule has 0 aliphatic rings. The maximum absolute atomic E-state index is 12.4. The van der Waals surface area contributed by atoms with Crippen LogP contribution in [0.3, 0.4) is 0 Å². The van der Waals surface area contributed by atoms with Gasteiger partial charge in [0.05, 0.1) is 18.2 Å². The van der Waals surface area contributed by atoms with Gasteiger partial charge in [-0.2, -0.15) is 0 Å². The largest absolute Gasteiger partial charge is 0.481 e. The Morgan fingerprint density at radius 3 is 2.56 bits per heavy atom. The van der Waals surface area contributed by atoms with Crippen molar-refractivity contribution >= 4 is 22.6 Å². The summed E-state index contributed by atoms with van der Waals surface area (Å²) in [7, 11) is 0. The van der Waals surface area contributed by atoms with Crippen LogP contribution in [0.25, 0.3) is 10.8 Å². The molecule has 0 unspecified atom stereocenters. The second-order valence-corrected chi connectivity index (χ2v) is 6.63. The molecule has 6 nitrogen and oxygen atoms in total. The molecule has 0 aliphatic carbocycles. The van der Waals surface area contributed by atoms with Gasteiger partial charge in [0, 0.05) is 12.0 Å². The Morgan fingerprint density at radius 1 is 1.15 bits per heavy atom. The third kappa shape index (κ3) is 4.53. The number of nitrogens with zero attached hydrogens (tertiary/aromatic N) is 1. The Kier molecular flexibility index (Phi) is 5.54. The number of hydrogen-bond donors (Lipinski definition) is 2. The predicted molar refractivity (Wildman–Crippen MR) is 101 cm³/mol. The van der Waals surface area contributed by atoms with E-state index in [-0.39, 0.29) is 18.7 Å². The highest BCUT2D eigenvalue weighted by molar-refractivity contribution is 5.84. The fraction of sp³-hybridized carbons (Fsp3) is 0.286. The topological polar surface area (TPSA) is 92.4 Å². The number of benzene rings is 2. The first-order valence-electron chi connectivity index (χ1n) is 8.85. The number of aliphatic carboxylic acids is 1. The average molecular weight is 366 g/mol. The van der Waals surface area contributed by atoms with Gasteiger partial charge in [0.25, 0.3) is 0 Å². The summed E-state index contributed by atoms with van der Waals surface area (Å²) in [6.45, 7) is 3.65. The van der Waals surface area contributed by atoms with Crippen molar-refractivity contribution in [1.29, 1.82) is 0 Å². The van der Waals surface area contributed by atoms with Gasteiger partial charge in [0.2, 0.25) is 5.91 Å². The van der Waals surface area contributed by atoms with Crippen molar-refractivity contribution in [3.05, 3.63) is 65.0 Å². The lowest BCUT2D eigenvalue weighted by Gasteiger charge is -2.18. The van der Waals surface area contributed by atoms with Crippen molar-refractivity contribution in [2.24, 2.45) is 0 Å². The minimum Gasteiger partial charge on any atom is -0.481 e. The van der Waals surface area contributed by atoms with Crippen LogP contribution in [0.2, 0.25) is 0 Å². The lowest BCUT2D eigenvalue weighted by atomic mass is 9.99. The highest BCUT2D eigenvalue weighted by atomic mass is 16.5. The Balaban J connectivity index is 1.73. The molecule has 27 heavy (non-hydrogen) atoms. The molecule has 1 aromatic heterocycles. The molecule has 2 N–H and O–H groups in total. The van der Waals surface area contributed by atoms with Gasteiger partial charge in [-0.05, 0) is 42.7 Å². The van der Waals surface area contributed by atoms with Crippen LogP contribution in [0, 0.1) is 13.8 Å². The van der Waals surface area contributed by atoms with E-state index in [2.05, 4.69) is 10.5 Å². The van der Waals surface area contributed by atoms with E-state index in [0.717, 1.165) is 27.6 Å². The first-order chi connectivity index (χ1) is 12.9. The molecule has 1 amide bonds. The summed E-state index contributed by atoms with van der Waals surface area (Å²) >= 11 is 0. The van der Waals surface area contributed by atoms with E-state index >= 15 is 0 Å². The van der Waals surface area contributed by atoms with E-state index in [1.165, 1.54) is 0 Å². The molecule has 2 aromatic carbocycles. The summed E-state index contributed by atoms with van der Waals surface area (Å²) in [6.07, 6.45) is 0.576. The standard InChI is InChI=1S/C21H22N2O4/c1-13-18(14(2)27-23-13)9-10-20(24)22-19(12-21(25)26)17-8-7-15-5-3-4-6-16(15)11-17/h3-8,11,19H,9-10,12H2,1-2H3,(H,22,24)(H,25,26)/t19-/m0/s1. The van der Waals surface area contributed by atoms with E-state index in [9.17, 15) is 14.7 Å². The number of carbonyl (C=O) groups excluding carboxylic acids is 1. The second kappa shape index (κ2) is 8.03. The van der Waals surface area contributed by atoms with Crippen molar-refractivity contribution in [1.82, 2.24) is 10.5 Å². The van der Waals surface area contributed by atoms with Crippen LogP contribution in [-0.2, 0) is 16.0 Å². The van der Waals surface area contributed by atoms with Gasteiger partial charge in [-0.15, -0.1) is 0 Å². The van der Waals surface area contributed by atoms with E-state index in [1.54, 1.807) is 0 Å². The van der Waals surface area contributed by atoms with Crippen LogP contribution >= 0.6 is 0 Å². The van der Waals surface area contributed by atoms with E-state index in [0.29, 0.717) is 12.2 Å². The molecule has 1 heterocycles. The quantitative estimate of drug-likeness (QED) is 0.665. The third-order valence-electron chi connectivity index (χ3n) is 4.67. The normalized spacial score (nSPS) is 12.1. The number of aromatic nitrogens is 1. The Morgan fingerprint density at radius 2 is 1.89 bits per heavy atom. The zero-order valence-corrected chi connectivity index (χ0v) is 15.4. The van der Waals surface area contributed by atoms with Crippen molar-refractivity contribution in [2.75, 3.05) is 0 Å². The summed E-state index contributed by atoms with van der Waals surface area (Å²) < 4.78 is 5.11. The maximum Gasteiger partial charge on any atom is 0.305 e. The van der Waals surface area contributed by atoms with Gasteiger partial charge in [-0.1, -0.05) is 41.6 Å². The molecular weight excluding hydrogens is 344 g/mol. The molecular formula is C21H22N2O4. The summed E-state index contributed by atoms with van der Waals surface area (Å²) in [4.78, 5) is 23.7. The summed E-state index contributed by atoms with van der Waals surface area (Å²) in [6, 6.07) is 13.0. The minimum absolute atomic E-state index is 0.171. The van der Waals surface area contributed by atoms with Crippen LogP contribution in [0.1, 0.15) is 41.5 Å². The van der Waals surface area contributed by atoms with Crippen molar-refractivity contribution in [2.45, 2.75) is 39.2 Å². The molecule has 3 rings (SSSR count). The van der Waals surface area contributed by atoms with Crippen LogP contribution in [0.15, 0.2) is 47.0 Å². The summed E-state index contributed by atoms with van der Waals surface area (Å²) in [5, 5.41) is 18.1. The fourth-order valence-electron chi connectivity index (χ4n) is 3.22. The van der Waals surface area contributed by atoms with Crippen LogP contribution < -0.4 is 5.32 Å². The van der Waals surface area contributed by atoms with Gasteiger partial charge in [-0.3, -0.25) is 9.59 Å². The van der Waals surface area contributed by atoms with Crippen LogP contribution in [-0.4, -0.2) is 22.1 Å². The number of fused-ring (bicyclic) bond motifs is 1. The lowest BCUT2D eigenvalue weighted by molar-refractivity contribution is -0.137. The predicted octanol–water partition coefficient (Wildman–Crippen LogP) is 3.71. The molecule has 140 valence electrons. The van der Waals surface area contributed by atoms with Crippen LogP contribution in [0.5, 0.6) is 0 Å². The summed E-state index contributed by atoms with van der Waals surface area (Å²) in [5.74, 6) is -0.453. The third-order valence-corrected chi connectivity index (χ3v) is 4.67. The number of carbonyl (C=O) groups is 2. The molecule has 0 radical (unpaired) electrons. The first kappa shape index (κ1) is 18.6. The lowest BCUT2D eigenvalue weighted by Crippen LogP contribution is -2.30. The molecule has 0 saturated carbocycles. The number of amides is 1. The zero-order valence-electron chi connectivity index (χ0n) is 15.4. The Hall–Kier alpha value is -3.15. The fourth-order valence-corrected chi connectivity index (χ4v) is 3.22. The van der Waals surface area contributed by atoms with Gasteiger partial charge in [0.1, 0.15) is 5.76 Å². The number of nitrogens with one attached hydrogen (secondary N) is 1. The number of aryl methyl sites for hydroxylation is 2. The molecule has 0 aliphatic heterocycles. The van der Waals surface area contributed by atoms with Crippen molar-refractivity contribution in [3.8, 4) is 0 Å². The SMILES string of the molecule is Cc1noc(C)c1CCC(=O)N[C@@H](CC(=O)O)c1ccc2ccccc2c1. The Bertz CT molecular complexity index is 958. The van der Waals surface area contributed by atoms with Crippen LogP contribution in [0.4, 0.5) is 0 Å². The van der Waals surface area contributed by atoms with Crippen molar-refractivity contribution < 1.29 is 19.2 Å². The monoisotopic (exact) mass is 366 g/mol. The second-order valence-electron chi connectivity index (χ2n) is 6.63. The van der Waals surface area contributed by atoms with Crippen molar-refractivity contribution in [3.63, 3.8) is 0 Å². The van der Waals surface area contributed by atoms with Gasteiger partial charge < -0.3 is 14.9 Å². The first-order valence-corrected chi connectivity index (χ1v) is 8.85. The minimum atomic E-state index is -0.959. The molecule has 0 saturated heterocycles. The molecule has 1 atom stereocenters. The molecule has 3 aromatic rings. The smallest absolute Gasteiger partial charge is 0.305 e. The molecule has 0 bridgehead atoms. The van der Waals surface area contributed by atoms with Gasteiger partial charge in [0.15, 0.2) is 0 Å².